The molecule has 0 radical (unpaired) electrons. The zero-order chi connectivity index (χ0) is 18.7. The van der Waals surface area contributed by atoms with Gasteiger partial charge in [-0.15, -0.1) is 0 Å². The molecule has 2 aromatic rings. The molecule has 26 heavy (non-hydrogen) atoms. The van der Waals surface area contributed by atoms with Gasteiger partial charge in [-0.3, -0.25) is 4.79 Å². The monoisotopic (exact) mass is 376 g/mol. The number of aromatic nitrogens is 1. The summed E-state index contributed by atoms with van der Waals surface area (Å²) in [7, 11) is 2.15. The molecular formula is C19H25ClN4O2. The number of carbonyl (C=O) groups excluding carboxylic acids is 1. The molecule has 1 aromatic carbocycles. The SMILES string of the molecule is Cc1cc(NC(=O)CCc2c(C)noc2Cl)ccc1N1CCN(C)CC1. The van der Waals surface area contributed by atoms with Crippen LogP contribution >= 0.6 is 11.6 Å². The molecule has 1 fully saturated rings. The Hall–Kier alpha value is -2.05. The van der Waals surface area contributed by atoms with Crippen molar-refractivity contribution in [2.24, 2.45) is 0 Å². The molecule has 140 valence electrons. The van der Waals surface area contributed by atoms with E-state index in [4.69, 9.17) is 16.1 Å². The van der Waals surface area contributed by atoms with Gasteiger partial charge in [0.2, 0.25) is 11.1 Å². The van der Waals surface area contributed by atoms with Gasteiger partial charge in [-0.2, -0.15) is 0 Å². The second-order valence-electron chi connectivity index (χ2n) is 6.86. The van der Waals surface area contributed by atoms with E-state index in [9.17, 15) is 4.79 Å². The van der Waals surface area contributed by atoms with E-state index in [1.54, 1.807) is 0 Å². The van der Waals surface area contributed by atoms with Crippen LogP contribution in [0.1, 0.15) is 23.2 Å². The van der Waals surface area contributed by atoms with Gasteiger partial charge in [-0.1, -0.05) is 5.16 Å². The van der Waals surface area contributed by atoms with Crippen molar-refractivity contribution in [3.63, 3.8) is 0 Å². The Kier molecular flexibility index (Phi) is 5.84. The normalized spacial score (nSPS) is 15.3. The van der Waals surface area contributed by atoms with Crippen molar-refractivity contribution in [2.75, 3.05) is 43.4 Å². The summed E-state index contributed by atoms with van der Waals surface area (Å²) >= 11 is 5.94. The first-order valence-electron chi connectivity index (χ1n) is 8.88. The average molecular weight is 377 g/mol. The van der Waals surface area contributed by atoms with Crippen molar-refractivity contribution in [3.05, 3.63) is 40.2 Å². The van der Waals surface area contributed by atoms with Crippen LogP contribution in [0.25, 0.3) is 0 Å². The number of nitrogens with one attached hydrogen (secondary N) is 1. The van der Waals surface area contributed by atoms with Crippen molar-refractivity contribution in [1.29, 1.82) is 0 Å². The van der Waals surface area contributed by atoms with Crippen LogP contribution in [0, 0.1) is 13.8 Å². The number of benzene rings is 1. The summed E-state index contributed by atoms with van der Waals surface area (Å²) < 4.78 is 4.92. The molecule has 7 heteroatoms. The number of hydrogen-bond donors (Lipinski definition) is 1. The number of hydrogen-bond acceptors (Lipinski definition) is 5. The first kappa shape index (κ1) is 18.7. The van der Waals surface area contributed by atoms with E-state index < -0.39 is 0 Å². The summed E-state index contributed by atoms with van der Waals surface area (Å²) in [6.07, 6.45) is 0.847. The molecule has 0 bridgehead atoms. The maximum atomic E-state index is 12.2. The number of nitrogens with zero attached hydrogens (tertiary/aromatic N) is 3. The molecule has 2 heterocycles. The van der Waals surface area contributed by atoms with E-state index in [2.05, 4.69) is 40.3 Å². The fourth-order valence-corrected chi connectivity index (χ4v) is 3.50. The van der Waals surface area contributed by atoms with Crippen LogP contribution in [0.5, 0.6) is 0 Å². The lowest BCUT2D eigenvalue weighted by atomic mass is 10.1. The molecule has 1 aliphatic heterocycles. The van der Waals surface area contributed by atoms with Gasteiger partial charge in [0.25, 0.3) is 0 Å². The molecule has 0 unspecified atom stereocenters. The van der Waals surface area contributed by atoms with Gasteiger partial charge in [0.15, 0.2) is 0 Å². The minimum absolute atomic E-state index is 0.0478. The van der Waals surface area contributed by atoms with Crippen LogP contribution in [0.3, 0.4) is 0 Å². The average Bonchev–Trinajstić information content (AvgIpc) is 2.92. The van der Waals surface area contributed by atoms with Gasteiger partial charge >= 0.3 is 0 Å². The summed E-state index contributed by atoms with van der Waals surface area (Å²) in [5.74, 6) is -0.0478. The fourth-order valence-electron chi connectivity index (χ4n) is 3.24. The van der Waals surface area contributed by atoms with Crippen LogP contribution in [-0.2, 0) is 11.2 Å². The van der Waals surface area contributed by atoms with Crippen molar-refractivity contribution < 1.29 is 9.32 Å². The van der Waals surface area contributed by atoms with Crippen LogP contribution in [-0.4, -0.2) is 49.2 Å². The van der Waals surface area contributed by atoms with Gasteiger partial charge in [-0.05, 0) is 62.7 Å². The number of rotatable bonds is 5. The molecule has 1 amide bonds. The zero-order valence-corrected chi connectivity index (χ0v) is 16.3. The summed E-state index contributed by atoms with van der Waals surface area (Å²) in [4.78, 5) is 17.0. The molecule has 1 aliphatic rings. The molecule has 0 saturated carbocycles. The number of aryl methyl sites for hydroxylation is 2. The summed E-state index contributed by atoms with van der Waals surface area (Å²) in [6.45, 7) is 8.11. The van der Waals surface area contributed by atoms with Gasteiger partial charge in [0.05, 0.1) is 5.69 Å². The largest absolute Gasteiger partial charge is 0.369 e. The molecule has 1 N–H and O–H groups in total. The number of likely N-dealkylation sites (N-methyl/N-ethyl adjacent to an activating group) is 1. The molecule has 3 rings (SSSR count). The van der Waals surface area contributed by atoms with Gasteiger partial charge < -0.3 is 19.6 Å². The smallest absolute Gasteiger partial charge is 0.229 e. The molecule has 6 nitrogen and oxygen atoms in total. The Labute approximate surface area is 159 Å². The van der Waals surface area contributed by atoms with E-state index in [0.29, 0.717) is 12.8 Å². The van der Waals surface area contributed by atoms with Crippen molar-refractivity contribution in [2.45, 2.75) is 26.7 Å². The highest BCUT2D eigenvalue weighted by Crippen LogP contribution is 2.25. The minimum atomic E-state index is -0.0478. The summed E-state index contributed by atoms with van der Waals surface area (Å²) in [6, 6.07) is 6.09. The van der Waals surface area contributed by atoms with E-state index in [1.807, 2.05) is 19.1 Å². The molecule has 0 spiro atoms. The standard InChI is InChI=1S/C19H25ClN4O2/c1-13-12-15(4-6-17(13)24-10-8-23(3)9-11-24)21-18(25)7-5-16-14(2)22-26-19(16)20/h4,6,12H,5,7-11H2,1-3H3,(H,21,25). The van der Waals surface area contributed by atoms with E-state index in [-0.39, 0.29) is 11.1 Å². The van der Waals surface area contributed by atoms with Crippen molar-refractivity contribution in [1.82, 2.24) is 10.1 Å². The van der Waals surface area contributed by atoms with E-state index in [1.165, 1.54) is 11.3 Å². The quantitative estimate of drug-likeness (QED) is 0.867. The van der Waals surface area contributed by atoms with Crippen LogP contribution in [0.15, 0.2) is 22.7 Å². The van der Waals surface area contributed by atoms with Gasteiger partial charge in [0.1, 0.15) is 0 Å². The third-order valence-corrected chi connectivity index (χ3v) is 5.16. The Balaban J connectivity index is 1.58. The van der Waals surface area contributed by atoms with Crippen LogP contribution < -0.4 is 10.2 Å². The first-order chi connectivity index (χ1) is 12.4. The number of amides is 1. The Morgan fingerprint density at radius 3 is 2.62 bits per heavy atom. The van der Waals surface area contributed by atoms with Crippen LogP contribution in [0.4, 0.5) is 11.4 Å². The Bertz CT molecular complexity index is 762. The molecule has 0 atom stereocenters. The number of piperazine rings is 1. The Morgan fingerprint density at radius 2 is 2.00 bits per heavy atom. The lowest BCUT2D eigenvalue weighted by molar-refractivity contribution is -0.116. The maximum absolute atomic E-state index is 12.2. The number of anilines is 2. The summed E-state index contributed by atoms with van der Waals surface area (Å²) in [5, 5.41) is 7.03. The van der Waals surface area contributed by atoms with Crippen molar-refractivity contribution in [3.8, 4) is 0 Å². The highest BCUT2D eigenvalue weighted by atomic mass is 35.5. The molecule has 1 saturated heterocycles. The topological polar surface area (TPSA) is 61.6 Å². The number of carbonyl (C=O) groups is 1. The maximum Gasteiger partial charge on any atom is 0.229 e. The summed E-state index contributed by atoms with van der Waals surface area (Å²) in [5.41, 5.74) is 4.75. The highest BCUT2D eigenvalue weighted by Gasteiger charge is 2.17. The minimum Gasteiger partial charge on any atom is -0.369 e. The molecular weight excluding hydrogens is 352 g/mol. The molecule has 1 aromatic heterocycles. The third kappa shape index (κ3) is 4.37. The Morgan fingerprint density at radius 1 is 1.27 bits per heavy atom. The van der Waals surface area contributed by atoms with E-state index in [0.717, 1.165) is 43.1 Å². The van der Waals surface area contributed by atoms with Gasteiger partial charge in [-0.25, -0.2) is 0 Å². The first-order valence-corrected chi connectivity index (χ1v) is 9.26. The third-order valence-electron chi connectivity index (χ3n) is 4.86. The second kappa shape index (κ2) is 8.10. The lowest BCUT2D eigenvalue weighted by Crippen LogP contribution is -2.44. The van der Waals surface area contributed by atoms with Gasteiger partial charge in [0, 0.05) is 49.5 Å². The fraction of sp³-hybridized carbons (Fsp3) is 0.474. The lowest BCUT2D eigenvalue weighted by Gasteiger charge is -2.35. The van der Waals surface area contributed by atoms with Crippen LogP contribution in [0.2, 0.25) is 5.22 Å². The van der Waals surface area contributed by atoms with Crippen molar-refractivity contribution >= 4 is 28.9 Å². The second-order valence-corrected chi connectivity index (χ2v) is 7.20. The predicted octanol–water partition coefficient (Wildman–Crippen LogP) is 3.27. The molecule has 0 aliphatic carbocycles. The van der Waals surface area contributed by atoms with E-state index >= 15 is 0 Å². The highest BCUT2D eigenvalue weighted by molar-refractivity contribution is 6.29. The zero-order valence-electron chi connectivity index (χ0n) is 15.5. The predicted molar refractivity (Wildman–Crippen MR) is 104 cm³/mol. The number of halogens is 1.